The number of unbranched alkanes of at least 4 members (excludes halogenated alkanes) is 4. The van der Waals surface area contributed by atoms with Gasteiger partial charge >= 0.3 is 0 Å². The Hall–Kier alpha value is -0.610. The van der Waals surface area contributed by atoms with Crippen LogP contribution in [-0.4, -0.2) is 41.1 Å². The van der Waals surface area contributed by atoms with Crippen LogP contribution in [0.3, 0.4) is 0 Å². The average Bonchev–Trinajstić information content (AvgIpc) is 2.38. The quantitative estimate of drug-likeness (QED) is 0.542. The lowest BCUT2D eigenvalue weighted by Crippen LogP contribution is -2.37. The van der Waals surface area contributed by atoms with Crippen LogP contribution in [0, 0.1) is 0 Å². The third-order valence-corrected chi connectivity index (χ3v) is 3.45. The largest absolute Gasteiger partial charge is 0.396 e. The lowest BCUT2D eigenvalue weighted by atomic mass is 9.99. The van der Waals surface area contributed by atoms with Gasteiger partial charge in [0, 0.05) is 31.7 Å². The second kappa shape index (κ2) is 11.1. The summed E-state index contributed by atoms with van der Waals surface area (Å²) in [7, 11) is 0. The number of nitrogens with zero attached hydrogens (tertiary/aromatic N) is 1. The number of aliphatic hydroxyl groups is 1. The molecule has 0 aromatic rings. The fourth-order valence-corrected chi connectivity index (χ4v) is 2.12. The number of carbonyl (C=O) groups is 1. The van der Waals surface area contributed by atoms with E-state index in [4.69, 9.17) is 10.8 Å². The standard InChI is InChI=1S/C16H34N2O2/c1-4-5-6-7-8-12-18(13-9-14-19)15(20)10-11-16(2,3)17/h19H,4-14,17H2,1-3H3. The molecule has 0 aliphatic rings. The first-order valence-electron chi connectivity index (χ1n) is 8.08. The molecule has 4 nitrogen and oxygen atoms in total. The molecular weight excluding hydrogens is 252 g/mol. The van der Waals surface area contributed by atoms with E-state index in [0.717, 1.165) is 13.0 Å². The van der Waals surface area contributed by atoms with Crippen LogP contribution in [0.5, 0.6) is 0 Å². The van der Waals surface area contributed by atoms with E-state index in [-0.39, 0.29) is 18.1 Å². The zero-order chi connectivity index (χ0) is 15.4. The first kappa shape index (κ1) is 19.4. The summed E-state index contributed by atoms with van der Waals surface area (Å²) in [6.07, 6.45) is 7.86. The second-order valence-corrected chi connectivity index (χ2v) is 6.36. The Morgan fingerprint density at radius 1 is 1.10 bits per heavy atom. The van der Waals surface area contributed by atoms with Gasteiger partial charge in [-0.1, -0.05) is 32.6 Å². The zero-order valence-corrected chi connectivity index (χ0v) is 13.7. The van der Waals surface area contributed by atoms with Crippen LogP contribution >= 0.6 is 0 Å². The van der Waals surface area contributed by atoms with Crippen molar-refractivity contribution in [3.05, 3.63) is 0 Å². The second-order valence-electron chi connectivity index (χ2n) is 6.36. The summed E-state index contributed by atoms with van der Waals surface area (Å²) in [5.74, 6) is 0.174. The SMILES string of the molecule is CCCCCCCN(CCCO)C(=O)CCC(C)(C)N. The van der Waals surface area contributed by atoms with E-state index in [9.17, 15) is 4.79 Å². The summed E-state index contributed by atoms with van der Waals surface area (Å²) >= 11 is 0. The molecule has 0 saturated heterocycles. The summed E-state index contributed by atoms with van der Waals surface area (Å²) in [6, 6.07) is 0. The molecule has 0 unspecified atom stereocenters. The minimum Gasteiger partial charge on any atom is -0.396 e. The van der Waals surface area contributed by atoms with Crippen LogP contribution in [0.15, 0.2) is 0 Å². The van der Waals surface area contributed by atoms with Crippen LogP contribution < -0.4 is 5.73 Å². The van der Waals surface area contributed by atoms with Crippen molar-refractivity contribution >= 4 is 5.91 Å². The molecule has 0 saturated carbocycles. The minimum atomic E-state index is -0.292. The maximum atomic E-state index is 12.2. The molecule has 4 heteroatoms. The summed E-state index contributed by atoms with van der Waals surface area (Å²) in [5, 5.41) is 8.94. The van der Waals surface area contributed by atoms with E-state index in [0.29, 0.717) is 25.8 Å². The molecule has 120 valence electrons. The fraction of sp³-hybridized carbons (Fsp3) is 0.938. The van der Waals surface area contributed by atoms with Crippen LogP contribution in [-0.2, 0) is 4.79 Å². The fourth-order valence-electron chi connectivity index (χ4n) is 2.12. The topological polar surface area (TPSA) is 66.6 Å². The number of amides is 1. The van der Waals surface area contributed by atoms with Gasteiger partial charge in [0.15, 0.2) is 0 Å². The van der Waals surface area contributed by atoms with Crippen LogP contribution in [0.25, 0.3) is 0 Å². The molecule has 1 amide bonds. The Kier molecular flexibility index (Phi) is 10.8. The lowest BCUT2D eigenvalue weighted by molar-refractivity contribution is -0.131. The van der Waals surface area contributed by atoms with Gasteiger partial charge in [0.05, 0.1) is 0 Å². The Bertz CT molecular complexity index is 249. The van der Waals surface area contributed by atoms with Crippen molar-refractivity contribution < 1.29 is 9.90 Å². The third-order valence-electron chi connectivity index (χ3n) is 3.45. The summed E-state index contributed by atoms with van der Waals surface area (Å²) in [4.78, 5) is 14.1. The van der Waals surface area contributed by atoms with Crippen molar-refractivity contribution in [2.24, 2.45) is 5.73 Å². The molecule has 0 aromatic heterocycles. The summed E-state index contributed by atoms with van der Waals surface area (Å²) < 4.78 is 0. The van der Waals surface area contributed by atoms with Crippen molar-refractivity contribution in [3.8, 4) is 0 Å². The molecule has 0 aliphatic heterocycles. The predicted molar refractivity (Wildman–Crippen MR) is 84.5 cm³/mol. The van der Waals surface area contributed by atoms with E-state index >= 15 is 0 Å². The van der Waals surface area contributed by atoms with Crippen LogP contribution in [0.1, 0.15) is 72.1 Å². The Labute approximate surface area is 124 Å². The van der Waals surface area contributed by atoms with Gasteiger partial charge in [-0.3, -0.25) is 4.79 Å². The summed E-state index contributed by atoms with van der Waals surface area (Å²) in [5.41, 5.74) is 5.64. The molecule has 0 heterocycles. The predicted octanol–water partition coefficient (Wildman–Crippen LogP) is 2.69. The summed E-state index contributed by atoms with van der Waals surface area (Å²) in [6.45, 7) is 7.71. The first-order chi connectivity index (χ1) is 9.40. The Morgan fingerprint density at radius 2 is 1.70 bits per heavy atom. The highest BCUT2D eigenvalue weighted by Gasteiger charge is 2.17. The van der Waals surface area contributed by atoms with Gasteiger partial charge in [-0.15, -0.1) is 0 Å². The third kappa shape index (κ3) is 11.2. The monoisotopic (exact) mass is 286 g/mol. The van der Waals surface area contributed by atoms with Gasteiger partial charge in [0.2, 0.25) is 5.91 Å². The van der Waals surface area contributed by atoms with Gasteiger partial charge in [-0.25, -0.2) is 0 Å². The number of nitrogens with two attached hydrogens (primary N) is 1. The lowest BCUT2D eigenvalue weighted by Gasteiger charge is -2.25. The smallest absolute Gasteiger partial charge is 0.222 e. The van der Waals surface area contributed by atoms with Gasteiger partial charge in [-0.2, -0.15) is 0 Å². The number of rotatable bonds is 12. The van der Waals surface area contributed by atoms with Gasteiger partial charge in [-0.05, 0) is 33.1 Å². The van der Waals surface area contributed by atoms with Gasteiger partial charge in [0.25, 0.3) is 0 Å². The molecule has 0 aromatic carbocycles. The van der Waals surface area contributed by atoms with Crippen molar-refractivity contribution in [2.45, 2.75) is 77.7 Å². The van der Waals surface area contributed by atoms with E-state index in [1.807, 2.05) is 18.7 Å². The molecule has 0 aliphatic carbocycles. The minimum absolute atomic E-state index is 0.141. The van der Waals surface area contributed by atoms with Crippen LogP contribution in [0.2, 0.25) is 0 Å². The van der Waals surface area contributed by atoms with E-state index in [2.05, 4.69) is 6.92 Å². The molecule has 0 atom stereocenters. The highest BCUT2D eigenvalue weighted by molar-refractivity contribution is 5.76. The van der Waals surface area contributed by atoms with E-state index in [1.165, 1.54) is 25.7 Å². The van der Waals surface area contributed by atoms with E-state index < -0.39 is 0 Å². The molecular formula is C16H34N2O2. The molecule has 20 heavy (non-hydrogen) atoms. The number of hydrogen-bond donors (Lipinski definition) is 2. The zero-order valence-electron chi connectivity index (χ0n) is 13.7. The highest BCUT2D eigenvalue weighted by atomic mass is 16.3. The van der Waals surface area contributed by atoms with Gasteiger partial charge < -0.3 is 15.7 Å². The van der Waals surface area contributed by atoms with E-state index in [1.54, 1.807) is 0 Å². The molecule has 0 bridgehead atoms. The maximum absolute atomic E-state index is 12.2. The number of carbonyl (C=O) groups excluding carboxylic acids is 1. The van der Waals surface area contributed by atoms with Crippen molar-refractivity contribution in [3.63, 3.8) is 0 Å². The normalized spacial score (nSPS) is 11.7. The molecule has 0 fully saturated rings. The molecule has 0 rings (SSSR count). The first-order valence-corrected chi connectivity index (χ1v) is 8.08. The molecule has 3 N–H and O–H groups in total. The van der Waals surface area contributed by atoms with Gasteiger partial charge in [0.1, 0.15) is 0 Å². The maximum Gasteiger partial charge on any atom is 0.222 e. The van der Waals surface area contributed by atoms with Crippen molar-refractivity contribution in [2.75, 3.05) is 19.7 Å². The number of hydrogen-bond acceptors (Lipinski definition) is 3. The number of aliphatic hydroxyl groups excluding tert-OH is 1. The Morgan fingerprint density at radius 3 is 2.25 bits per heavy atom. The van der Waals surface area contributed by atoms with Crippen LogP contribution in [0.4, 0.5) is 0 Å². The highest BCUT2D eigenvalue weighted by Crippen LogP contribution is 2.11. The molecule has 0 spiro atoms. The molecule has 0 radical (unpaired) electrons. The average molecular weight is 286 g/mol. The van der Waals surface area contributed by atoms with Crippen molar-refractivity contribution in [1.29, 1.82) is 0 Å². The Balaban J connectivity index is 4.07. The van der Waals surface area contributed by atoms with Crippen molar-refractivity contribution in [1.82, 2.24) is 4.90 Å².